The molecule has 98 valence electrons. The fraction of sp³-hybridized carbons (Fsp3) is 0.643. The van der Waals surface area contributed by atoms with Crippen molar-refractivity contribution in [2.45, 2.75) is 37.9 Å². The molecule has 1 aromatic rings. The van der Waals surface area contributed by atoms with Crippen molar-refractivity contribution in [1.29, 1.82) is 0 Å². The highest BCUT2D eigenvalue weighted by atomic mass is 35.5. The third-order valence-corrected chi connectivity index (χ3v) is 4.80. The van der Waals surface area contributed by atoms with Gasteiger partial charge < -0.3 is 0 Å². The summed E-state index contributed by atoms with van der Waals surface area (Å²) in [4.78, 5) is 9.26. The summed E-state index contributed by atoms with van der Waals surface area (Å²) < 4.78 is 0. The number of halogens is 1. The Balaban J connectivity index is 1.69. The zero-order valence-electron chi connectivity index (χ0n) is 10.8. The molecule has 4 heteroatoms. The van der Waals surface area contributed by atoms with Crippen LogP contribution in [0, 0.1) is 0 Å². The molecule has 0 aliphatic carbocycles. The summed E-state index contributed by atoms with van der Waals surface area (Å²) >= 11 is 6.14. The zero-order valence-corrected chi connectivity index (χ0v) is 11.6. The Labute approximate surface area is 114 Å². The Morgan fingerprint density at radius 2 is 2.17 bits per heavy atom. The van der Waals surface area contributed by atoms with Crippen LogP contribution in [0.25, 0.3) is 0 Å². The molecule has 18 heavy (non-hydrogen) atoms. The Morgan fingerprint density at radius 3 is 3.00 bits per heavy atom. The summed E-state index contributed by atoms with van der Waals surface area (Å²) in [7, 11) is 2.28. The molecule has 3 rings (SSSR count). The van der Waals surface area contributed by atoms with Gasteiger partial charge in [0.25, 0.3) is 0 Å². The maximum atomic E-state index is 6.14. The zero-order chi connectivity index (χ0) is 12.5. The average Bonchev–Trinajstić information content (AvgIpc) is 2.60. The van der Waals surface area contributed by atoms with Crippen LogP contribution in [0.1, 0.15) is 24.8 Å². The van der Waals surface area contributed by atoms with Gasteiger partial charge >= 0.3 is 0 Å². The number of likely N-dealkylation sites (tertiary alicyclic amines) is 1. The largest absolute Gasteiger partial charge is 0.299 e. The van der Waals surface area contributed by atoms with Crippen molar-refractivity contribution in [1.82, 2.24) is 14.8 Å². The number of likely N-dealkylation sites (N-methyl/N-ethyl adjacent to an activating group) is 1. The van der Waals surface area contributed by atoms with E-state index in [4.69, 9.17) is 11.6 Å². The first kappa shape index (κ1) is 12.4. The van der Waals surface area contributed by atoms with Gasteiger partial charge in [0.15, 0.2) is 0 Å². The average molecular weight is 266 g/mol. The summed E-state index contributed by atoms with van der Waals surface area (Å²) in [5, 5.41) is 0.653. The van der Waals surface area contributed by atoms with Crippen molar-refractivity contribution in [3.8, 4) is 0 Å². The second-order valence-electron chi connectivity index (χ2n) is 5.53. The van der Waals surface area contributed by atoms with E-state index in [1.165, 1.54) is 25.8 Å². The molecule has 0 saturated carbocycles. The lowest BCUT2D eigenvalue weighted by molar-refractivity contribution is 0.214. The lowest BCUT2D eigenvalue weighted by Crippen LogP contribution is -2.36. The van der Waals surface area contributed by atoms with E-state index in [-0.39, 0.29) is 0 Å². The summed E-state index contributed by atoms with van der Waals surface area (Å²) in [6.07, 6.45) is 5.76. The molecule has 0 radical (unpaired) electrons. The van der Waals surface area contributed by atoms with Gasteiger partial charge in [0.2, 0.25) is 0 Å². The Kier molecular flexibility index (Phi) is 3.55. The van der Waals surface area contributed by atoms with Gasteiger partial charge in [0.05, 0.1) is 0 Å². The van der Waals surface area contributed by atoms with Crippen LogP contribution in [-0.2, 0) is 6.54 Å². The molecule has 2 saturated heterocycles. The highest BCUT2D eigenvalue weighted by Gasteiger charge is 2.34. The lowest BCUT2D eigenvalue weighted by Gasteiger charge is -2.25. The third-order valence-electron chi connectivity index (χ3n) is 4.46. The van der Waals surface area contributed by atoms with E-state index in [0.717, 1.165) is 30.7 Å². The Bertz CT molecular complexity index is 423. The molecule has 2 bridgehead atoms. The van der Waals surface area contributed by atoms with Crippen LogP contribution < -0.4 is 0 Å². The fourth-order valence-corrected chi connectivity index (χ4v) is 3.48. The molecule has 2 atom stereocenters. The molecule has 2 aliphatic heterocycles. The van der Waals surface area contributed by atoms with Gasteiger partial charge in [-0.05, 0) is 32.4 Å². The number of hydrogen-bond acceptors (Lipinski definition) is 3. The minimum Gasteiger partial charge on any atom is -0.299 e. The number of rotatable bonds is 2. The van der Waals surface area contributed by atoms with Gasteiger partial charge in [0, 0.05) is 43.5 Å². The second kappa shape index (κ2) is 5.16. The monoisotopic (exact) mass is 265 g/mol. The molecule has 2 aliphatic rings. The number of pyridine rings is 1. The van der Waals surface area contributed by atoms with Gasteiger partial charge in [-0.3, -0.25) is 9.80 Å². The van der Waals surface area contributed by atoms with E-state index >= 15 is 0 Å². The molecule has 0 spiro atoms. The van der Waals surface area contributed by atoms with Crippen LogP contribution in [0.5, 0.6) is 0 Å². The fourth-order valence-electron chi connectivity index (χ4n) is 3.30. The van der Waals surface area contributed by atoms with Crippen LogP contribution in [0.15, 0.2) is 18.3 Å². The predicted molar refractivity (Wildman–Crippen MR) is 73.7 cm³/mol. The van der Waals surface area contributed by atoms with Gasteiger partial charge in [-0.1, -0.05) is 17.7 Å². The van der Waals surface area contributed by atoms with E-state index < -0.39 is 0 Å². The topological polar surface area (TPSA) is 19.4 Å². The molecular weight excluding hydrogens is 246 g/mol. The molecule has 1 aromatic heterocycles. The summed E-state index contributed by atoms with van der Waals surface area (Å²) in [6.45, 7) is 3.28. The maximum Gasteiger partial charge on any atom is 0.133 e. The quantitative estimate of drug-likeness (QED) is 0.766. The second-order valence-corrected chi connectivity index (χ2v) is 5.89. The van der Waals surface area contributed by atoms with E-state index in [9.17, 15) is 0 Å². The highest BCUT2D eigenvalue weighted by molar-refractivity contribution is 6.30. The Morgan fingerprint density at radius 1 is 1.33 bits per heavy atom. The molecule has 2 unspecified atom stereocenters. The van der Waals surface area contributed by atoms with Crippen molar-refractivity contribution < 1.29 is 0 Å². The normalized spacial score (nSPS) is 29.4. The molecule has 3 heterocycles. The molecule has 0 aromatic carbocycles. The highest BCUT2D eigenvalue weighted by Crippen LogP contribution is 2.29. The van der Waals surface area contributed by atoms with Crippen molar-refractivity contribution in [2.75, 3.05) is 20.1 Å². The Hall–Kier alpha value is -0.640. The van der Waals surface area contributed by atoms with Crippen LogP contribution in [0.3, 0.4) is 0 Å². The van der Waals surface area contributed by atoms with E-state index in [0.29, 0.717) is 5.15 Å². The van der Waals surface area contributed by atoms with Crippen LogP contribution in [0.2, 0.25) is 5.15 Å². The maximum absolute atomic E-state index is 6.14. The van der Waals surface area contributed by atoms with Gasteiger partial charge in [0.1, 0.15) is 5.15 Å². The number of hydrogen-bond donors (Lipinski definition) is 0. The molecule has 0 N–H and O–H groups in total. The van der Waals surface area contributed by atoms with Crippen molar-refractivity contribution in [3.63, 3.8) is 0 Å². The first-order valence-corrected chi connectivity index (χ1v) is 7.15. The van der Waals surface area contributed by atoms with Crippen LogP contribution in [-0.4, -0.2) is 47.0 Å². The van der Waals surface area contributed by atoms with E-state index in [1.54, 1.807) is 6.20 Å². The number of nitrogens with zero attached hydrogens (tertiary/aromatic N) is 3. The summed E-state index contributed by atoms with van der Waals surface area (Å²) in [5.41, 5.74) is 1.15. The van der Waals surface area contributed by atoms with E-state index in [1.807, 2.05) is 6.07 Å². The predicted octanol–water partition coefficient (Wildman–Crippen LogP) is 2.40. The molecule has 2 fully saturated rings. The SMILES string of the molecule is CN1C2CCC1CN(Cc1cccnc1Cl)CC2. The van der Waals surface area contributed by atoms with Gasteiger partial charge in [-0.2, -0.15) is 0 Å². The van der Waals surface area contributed by atoms with Crippen molar-refractivity contribution in [2.24, 2.45) is 0 Å². The van der Waals surface area contributed by atoms with Crippen LogP contribution in [0.4, 0.5) is 0 Å². The number of aromatic nitrogens is 1. The summed E-state index contributed by atoms with van der Waals surface area (Å²) in [6, 6.07) is 5.58. The first-order valence-electron chi connectivity index (χ1n) is 6.77. The standard InChI is InChI=1S/C14H20ClN3/c1-17-12-4-5-13(17)10-18(8-6-12)9-11-3-2-7-16-14(11)15/h2-3,7,12-13H,4-6,8-10H2,1H3. The van der Waals surface area contributed by atoms with Crippen molar-refractivity contribution in [3.05, 3.63) is 29.0 Å². The molecule has 3 nitrogen and oxygen atoms in total. The van der Waals surface area contributed by atoms with Gasteiger partial charge in [-0.15, -0.1) is 0 Å². The molecule has 0 amide bonds. The smallest absolute Gasteiger partial charge is 0.133 e. The summed E-state index contributed by atoms with van der Waals surface area (Å²) in [5.74, 6) is 0. The first-order chi connectivity index (χ1) is 8.74. The lowest BCUT2D eigenvalue weighted by atomic mass is 10.1. The van der Waals surface area contributed by atoms with Gasteiger partial charge in [-0.25, -0.2) is 4.98 Å². The third kappa shape index (κ3) is 2.40. The number of fused-ring (bicyclic) bond motifs is 2. The minimum absolute atomic E-state index is 0.653. The van der Waals surface area contributed by atoms with E-state index in [2.05, 4.69) is 27.9 Å². The molecular formula is C14H20ClN3. The van der Waals surface area contributed by atoms with Crippen LogP contribution >= 0.6 is 11.6 Å². The minimum atomic E-state index is 0.653. The van der Waals surface area contributed by atoms with Crippen molar-refractivity contribution >= 4 is 11.6 Å².